The number of hydrogen-bond acceptors (Lipinski definition) is 3. The van der Waals surface area contributed by atoms with Crippen molar-refractivity contribution in [2.24, 2.45) is 0 Å². The van der Waals surface area contributed by atoms with Gasteiger partial charge in [0.05, 0.1) is 15.7 Å². The average molecular weight is 383 g/mol. The predicted molar refractivity (Wildman–Crippen MR) is 91.0 cm³/mol. The van der Waals surface area contributed by atoms with E-state index in [1.807, 2.05) is 0 Å². The van der Waals surface area contributed by atoms with Gasteiger partial charge in [0.15, 0.2) is 0 Å². The molecule has 3 aromatic rings. The molecule has 0 spiro atoms. The SMILES string of the molecule is Cc1onc(-c2c(Cl)cccc2Cl)c1C(=O)Nc1ccc(F)cc1F. The van der Waals surface area contributed by atoms with Gasteiger partial charge < -0.3 is 9.84 Å². The first-order valence-electron chi connectivity index (χ1n) is 7.05. The van der Waals surface area contributed by atoms with Crippen LogP contribution in [0.3, 0.4) is 0 Å². The summed E-state index contributed by atoms with van der Waals surface area (Å²) in [4.78, 5) is 12.6. The van der Waals surface area contributed by atoms with E-state index in [4.69, 9.17) is 27.7 Å². The van der Waals surface area contributed by atoms with Crippen molar-refractivity contribution >= 4 is 34.8 Å². The first-order valence-corrected chi connectivity index (χ1v) is 7.81. The molecule has 0 aliphatic carbocycles. The minimum absolute atomic E-state index is 0.0544. The lowest BCUT2D eigenvalue weighted by atomic mass is 10.1. The molecular weight excluding hydrogens is 373 g/mol. The number of rotatable bonds is 3. The largest absolute Gasteiger partial charge is 0.360 e. The Morgan fingerprint density at radius 3 is 2.48 bits per heavy atom. The number of carbonyl (C=O) groups is 1. The van der Waals surface area contributed by atoms with Gasteiger partial charge in [-0.25, -0.2) is 8.78 Å². The lowest BCUT2D eigenvalue weighted by molar-refractivity contribution is 0.102. The number of nitrogens with one attached hydrogen (secondary N) is 1. The monoisotopic (exact) mass is 382 g/mol. The molecular formula is C17H10Cl2F2N2O2. The molecule has 8 heteroatoms. The Kier molecular flexibility index (Phi) is 4.74. The molecule has 3 rings (SSSR count). The minimum atomic E-state index is -0.903. The van der Waals surface area contributed by atoms with Crippen LogP contribution in [0.5, 0.6) is 0 Å². The van der Waals surface area contributed by atoms with Crippen molar-refractivity contribution in [3.63, 3.8) is 0 Å². The lowest BCUT2D eigenvalue weighted by Gasteiger charge is -2.08. The van der Waals surface area contributed by atoms with Gasteiger partial charge in [0.1, 0.15) is 28.7 Å². The van der Waals surface area contributed by atoms with Gasteiger partial charge in [0.25, 0.3) is 5.91 Å². The van der Waals surface area contributed by atoms with Gasteiger partial charge in [0.2, 0.25) is 0 Å². The van der Waals surface area contributed by atoms with Crippen molar-refractivity contribution in [3.05, 3.63) is 69.4 Å². The molecule has 2 aromatic carbocycles. The van der Waals surface area contributed by atoms with Crippen molar-refractivity contribution < 1.29 is 18.1 Å². The summed E-state index contributed by atoms with van der Waals surface area (Å²) in [5.41, 5.74) is 0.336. The molecule has 1 heterocycles. The Bertz CT molecular complexity index is 953. The molecule has 0 aliphatic rings. The van der Waals surface area contributed by atoms with E-state index in [0.29, 0.717) is 11.6 Å². The Morgan fingerprint density at radius 1 is 1.16 bits per heavy atom. The van der Waals surface area contributed by atoms with E-state index in [0.717, 1.165) is 12.1 Å². The van der Waals surface area contributed by atoms with Crippen LogP contribution in [0.15, 0.2) is 40.9 Å². The maximum atomic E-state index is 13.8. The quantitative estimate of drug-likeness (QED) is 0.651. The van der Waals surface area contributed by atoms with E-state index in [1.54, 1.807) is 18.2 Å². The fraction of sp³-hybridized carbons (Fsp3) is 0.0588. The van der Waals surface area contributed by atoms with Crippen LogP contribution in [0, 0.1) is 18.6 Å². The number of halogens is 4. The molecule has 25 heavy (non-hydrogen) atoms. The average Bonchev–Trinajstić information content (AvgIpc) is 2.91. The van der Waals surface area contributed by atoms with Gasteiger partial charge in [-0.15, -0.1) is 0 Å². The molecule has 128 valence electrons. The molecule has 0 bridgehead atoms. The van der Waals surface area contributed by atoms with Crippen LogP contribution in [0.2, 0.25) is 10.0 Å². The summed E-state index contributed by atoms with van der Waals surface area (Å²) in [6, 6.07) is 7.65. The van der Waals surface area contributed by atoms with E-state index in [1.165, 1.54) is 6.92 Å². The Morgan fingerprint density at radius 2 is 1.84 bits per heavy atom. The summed E-state index contributed by atoms with van der Waals surface area (Å²) >= 11 is 12.3. The number of nitrogens with zero attached hydrogens (tertiary/aromatic N) is 1. The zero-order chi connectivity index (χ0) is 18.1. The number of aryl methyl sites for hydroxylation is 1. The maximum Gasteiger partial charge on any atom is 0.261 e. The van der Waals surface area contributed by atoms with E-state index in [9.17, 15) is 13.6 Å². The van der Waals surface area contributed by atoms with Crippen LogP contribution in [-0.2, 0) is 0 Å². The standard InChI is InChI=1S/C17H10Cl2F2N2O2/c1-8-14(17(24)22-13-6-5-9(20)7-12(13)21)16(23-25-8)15-10(18)3-2-4-11(15)19/h2-7H,1H3,(H,22,24). The van der Waals surface area contributed by atoms with Gasteiger partial charge in [-0.2, -0.15) is 0 Å². The predicted octanol–water partition coefficient (Wildman–Crippen LogP) is 5.49. The summed E-state index contributed by atoms with van der Waals surface area (Å²) in [5, 5.41) is 6.77. The number of anilines is 1. The van der Waals surface area contributed by atoms with Crippen molar-refractivity contribution in [1.82, 2.24) is 5.16 Å². The molecule has 0 fully saturated rings. The summed E-state index contributed by atoms with van der Waals surface area (Å²) in [6.45, 7) is 1.52. The van der Waals surface area contributed by atoms with E-state index < -0.39 is 17.5 Å². The highest BCUT2D eigenvalue weighted by molar-refractivity contribution is 6.39. The van der Waals surface area contributed by atoms with Gasteiger partial charge in [-0.1, -0.05) is 34.4 Å². The number of aromatic nitrogens is 1. The molecule has 0 unspecified atom stereocenters. The first kappa shape index (κ1) is 17.4. The number of benzene rings is 2. The minimum Gasteiger partial charge on any atom is -0.360 e. The Balaban J connectivity index is 2.03. The molecule has 0 saturated carbocycles. The van der Waals surface area contributed by atoms with Crippen LogP contribution in [0.1, 0.15) is 16.1 Å². The van der Waals surface area contributed by atoms with Gasteiger partial charge in [-0.3, -0.25) is 4.79 Å². The highest BCUT2D eigenvalue weighted by atomic mass is 35.5. The Labute approximate surface area is 151 Å². The second-order valence-electron chi connectivity index (χ2n) is 5.14. The topological polar surface area (TPSA) is 55.1 Å². The third-order valence-corrected chi connectivity index (χ3v) is 4.10. The summed E-state index contributed by atoms with van der Waals surface area (Å²) in [6.07, 6.45) is 0. The molecule has 0 aliphatic heterocycles. The van der Waals surface area contributed by atoms with E-state index >= 15 is 0 Å². The van der Waals surface area contributed by atoms with Crippen LogP contribution in [0.25, 0.3) is 11.3 Å². The summed E-state index contributed by atoms with van der Waals surface area (Å²) in [5.74, 6) is -2.14. The lowest BCUT2D eigenvalue weighted by Crippen LogP contribution is -2.14. The van der Waals surface area contributed by atoms with Crippen molar-refractivity contribution in [1.29, 1.82) is 0 Å². The number of carbonyl (C=O) groups excluding carboxylic acids is 1. The number of amides is 1. The fourth-order valence-corrected chi connectivity index (χ4v) is 2.89. The molecule has 1 N–H and O–H groups in total. The highest BCUT2D eigenvalue weighted by Gasteiger charge is 2.25. The molecule has 1 amide bonds. The van der Waals surface area contributed by atoms with Crippen LogP contribution in [-0.4, -0.2) is 11.1 Å². The van der Waals surface area contributed by atoms with Crippen molar-refractivity contribution in [2.75, 3.05) is 5.32 Å². The molecule has 1 aromatic heterocycles. The van der Waals surface area contributed by atoms with Crippen molar-refractivity contribution in [3.8, 4) is 11.3 Å². The number of hydrogen-bond donors (Lipinski definition) is 1. The van der Waals surface area contributed by atoms with Gasteiger partial charge >= 0.3 is 0 Å². The van der Waals surface area contributed by atoms with Crippen LogP contribution >= 0.6 is 23.2 Å². The molecule has 0 radical (unpaired) electrons. The first-order chi connectivity index (χ1) is 11.9. The maximum absolute atomic E-state index is 13.8. The normalized spacial score (nSPS) is 10.8. The second-order valence-corrected chi connectivity index (χ2v) is 5.95. The summed E-state index contributed by atoms with van der Waals surface area (Å²) in [7, 11) is 0. The van der Waals surface area contributed by atoms with E-state index in [2.05, 4.69) is 10.5 Å². The van der Waals surface area contributed by atoms with Crippen molar-refractivity contribution in [2.45, 2.75) is 6.92 Å². The third kappa shape index (κ3) is 3.36. The zero-order valence-electron chi connectivity index (χ0n) is 12.7. The van der Waals surface area contributed by atoms with Crippen LogP contribution < -0.4 is 5.32 Å². The summed E-state index contributed by atoms with van der Waals surface area (Å²) < 4.78 is 31.8. The fourth-order valence-electron chi connectivity index (χ4n) is 2.31. The highest BCUT2D eigenvalue weighted by Crippen LogP contribution is 2.37. The second kappa shape index (κ2) is 6.82. The van der Waals surface area contributed by atoms with Gasteiger partial charge in [-0.05, 0) is 31.2 Å². The Hall–Kier alpha value is -2.44. The third-order valence-electron chi connectivity index (χ3n) is 3.47. The van der Waals surface area contributed by atoms with E-state index in [-0.39, 0.29) is 32.8 Å². The van der Waals surface area contributed by atoms with Crippen LogP contribution in [0.4, 0.5) is 14.5 Å². The zero-order valence-corrected chi connectivity index (χ0v) is 14.3. The van der Waals surface area contributed by atoms with Gasteiger partial charge in [0, 0.05) is 11.6 Å². The molecule has 0 saturated heterocycles. The smallest absolute Gasteiger partial charge is 0.261 e. The molecule has 0 atom stereocenters. The molecule has 4 nitrogen and oxygen atoms in total.